The highest BCUT2D eigenvalue weighted by Gasteiger charge is 2.37. The summed E-state index contributed by atoms with van der Waals surface area (Å²) in [6.07, 6.45) is 5.00. The Morgan fingerprint density at radius 2 is 2.00 bits per heavy atom. The lowest BCUT2D eigenvalue weighted by atomic mass is 9.68. The van der Waals surface area contributed by atoms with Crippen LogP contribution >= 0.6 is 0 Å². The van der Waals surface area contributed by atoms with Gasteiger partial charge in [-0.25, -0.2) is 0 Å². The fourth-order valence-corrected chi connectivity index (χ4v) is 3.78. The highest BCUT2D eigenvalue weighted by atomic mass is 16.6. The number of nitro benzene ring substituents is 1. The normalized spacial score (nSPS) is 25.0. The van der Waals surface area contributed by atoms with Crippen LogP contribution in [0.15, 0.2) is 18.2 Å². The highest BCUT2D eigenvalue weighted by Crippen LogP contribution is 2.48. The van der Waals surface area contributed by atoms with Crippen LogP contribution in [-0.4, -0.2) is 11.5 Å². The molecule has 0 spiro atoms. The molecule has 0 saturated heterocycles. The van der Waals surface area contributed by atoms with E-state index in [-0.39, 0.29) is 10.6 Å². The van der Waals surface area contributed by atoms with Crippen molar-refractivity contribution in [1.29, 1.82) is 0 Å². The molecule has 0 amide bonds. The van der Waals surface area contributed by atoms with Gasteiger partial charge in [-0.1, -0.05) is 26.0 Å². The molecule has 3 rings (SSSR count). The van der Waals surface area contributed by atoms with Gasteiger partial charge in [0.15, 0.2) is 0 Å². The zero-order valence-electron chi connectivity index (χ0n) is 12.2. The Hall–Kier alpha value is -1.58. The fraction of sp³-hybridized carbons (Fsp3) is 0.625. The van der Waals surface area contributed by atoms with Crippen LogP contribution in [-0.2, 0) is 0 Å². The molecule has 2 aliphatic rings. The Morgan fingerprint density at radius 1 is 1.30 bits per heavy atom. The lowest BCUT2D eigenvalue weighted by Gasteiger charge is -2.36. The Bertz CT molecular complexity index is 529. The summed E-state index contributed by atoms with van der Waals surface area (Å²) in [5.41, 5.74) is 2.60. The Morgan fingerprint density at radius 3 is 2.65 bits per heavy atom. The van der Waals surface area contributed by atoms with Gasteiger partial charge in [-0.3, -0.25) is 10.1 Å². The molecule has 1 N–H and O–H groups in total. The molecule has 1 aliphatic carbocycles. The summed E-state index contributed by atoms with van der Waals surface area (Å²) in [5.74, 6) is 1.11. The lowest BCUT2D eigenvalue weighted by Crippen LogP contribution is -2.25. The van der Waals surface area contributed by atoms with Gasteiger partial charge in [-0.2, -0.15) is 0 Å². The fourth-order valence-electron chi connectivity index (χ4n) is 3.78. The first-order chi connectivity index (χ1) is 9.48. The molecule has 0 bridgehead atoms. The molecule has 4 nitrogen and oxygen atoms in total. The summed E-state index contributed by atoms with van der Waals surface area (Å²) in [4.78, 5) is 10.8. The number of anilines is 1. The van der Waals surface area contributed by atoms with E-state index in [9.17, 15) is 10.1 Å². The van der Waals surface area contributed by atoms with Gasteiger partial charge < -0.3 is 5.32 Å². The second-order valence-corrected chi connectivity index (χ2v) is 6.99. The maximum atomic E-state index is 11.1. The molecular formula is C16H22N2O2. The van der Waals surface area contributed by atoms with Crippen LogP contribution in [0.2, 0.25) is 0 Å². The van der Waals surface area contributed by atoms with Crippen molar-refractivity contribution >= 4 is 11.4 Å². The van der Waals surface area contributed by atoms with Crippen molar-refractivity contribution in [1.82, 2.24) is 0 Å². The van der Waals surface area contributed by atoms with E-state index in [1.165, 1.54) is 25.7 Å². The molecule has 1 aliphatic heterocycles. The van der Waals surface area contributed by atoms with Crippen molar-refractivity contribution in [2.75, 3.05) is 11.9 Å². The third-order valence-corrected chi connectivity index (χ3v) is 5.12. The smallest absolute Gasteiger partial charge is 0.292 e. The van der Waals surface area contributed by atoms with E-state index in [2.05, 4.69) is 25.2 Å². The van der Waals surface area contributed by atoms with Gasteiger partial charge in [0.05, 0.1) is 4.92 Å². The van der Waals surface area contributed by atoms with Gasteiger partial charge in [0, 0.05) is 18.5 Å². The first-order valence-corrected chi connectivity index (χ1v) is 7.49. The minimum atomic E-state index is -0.280. The third kappa shape index (κ3) is 2.28. The van der Waals surface area contributed by atoms with E-state index < -0.39 is 0 Å². The van der Waals surface area contributed by atoms with Crippen LogP contribution in [0, 0.1) is 21.4 Å². The molecule has 1 fully saturated rings. The van der Waals surface area contributed by atoms with Crippen molar-refractivity contribution < 1.29 is 4.92 Å². The van der Waals surface area contributed by atoms with Gasteiger partial charge in [0.25, 0.3) is 5.69 Å². The molecule has 108 valence electrons. The first-order valence-electron chi connectivity index (χ1n) is 7.49. The van der Waals surface area contributed by atoms with Crippen LogP contribution in [0.4, 0.5) is 11.4 Å². The summed E-state index contributed by atoms with van der Waals surface area (Å²) in [6, 6.07) is 5.48. The molecule has 1 atom stereocenters. The van der Waals surface area contributed by atoms with E-state index in [0.29, 0.717) is 17.3 Å². The minimum Gasteiger partial charge on any atom is -0.379 e. The van der Waals surface area contributed by atoms with Crippen LogP contribution in [0.3, 0.4) is 0 Å². The van der Waals surface area contributed by atoms with E-state index in [1.807, 2.05) is 6.07 Å². The van der Waals surface area contributed by atoms with Gasteiger partial charge in [0.1, 0.15) is 5.69 Å². The molecule has 1 saturated carbocycles. The summed E-state index contributed by atoms with van der Waals surface area (Å²) < 4.78 is 0. The number of nitrogens with zero attached hydrogens (tertiary/aromatic N) is 1. The number of rotatable bonds is 2. The molecule has 0 radical (unpaired) electrons. The predicted molar refractivity (Wildman–Crippen MR) is 80.1 cm³/mol. The van der Waals surface area contributed by atoms with Crippen molar-refractivity contribution in [2.45, 2.75) is 45.4 Å². The molecule has 1 aromatic rings. The number of nitrogens with one attached hydrogen (secondary N) is 1. The Kier molecular flexibility index (Phi) is 3.19. The van der Waals surface area contributed by atoms with Crippen LogP contribution in [0.1, 0.15) is 51.0 Å². The molecule has 0 aromatic heterocycles. The average Bonchev–Trinajstić information content (AvgIpc) is 2.82. The van der Waals surface area contributed by atoms with E-state index in [4.69, 9.17) is 0 Å². The SMILES string of the molecule is CC1(C)CCC(C2CNc3c2cccc3[N+](=O)[O-])CC1. The van der Waals surface area contributed by atoms with Crippen LogP contribution in [0.5, 0.6) is 0 Å². The van der Waals surface area contributed by atoms with Crippen LogP contribution < -0.4 is 5.32 Å². The molecule has 20 heavy (non-hydrogen) atoms. The minimum absolute atomic E-state index is 0.223. The maximum absolute atomic E-state index is 11.1. The van der Waals surface area contributed by atoms with Crippen molar-refractivity contribution in [3.8, 4) is 0 Å². The molecule has 4 heteroatoms. The Labute approximate surface area is 119 Å². The summed E-state index contributed by atoms with van der Waals surface area (Å²) in [7, 11) is 0. The Balaban J connectivity index is 1.84. The number of hydrogen-bond acceptors (Lipinski definition) is 3. The standard InChI is InChI=1S/C16H22N2O2/c1-16(2)8-6-11(7-9-16)13-10-17-15-12(13)4-3-5-14(15)18(19)20/h3-5,11,13,17H,6-10H2,1-2H3. The van der Waals surface area contributed by atoms with E-state index in [1.54, 1.807) is 6.07 Å². The second kappa shape index (κ2) is 4.76. The number of benzene rings is 1. The molecular weight excluding hydrogens is 252 g/mol. The van der Waals surface area contributed by atoms with Crippen LogP contribution in [0.25, 0.3) is 0 Å². The van der Waals surface area contributed by atoms with Gasteiger partial charge in [-0.05, 0) is 42.6 Å². The number of para-hydroxylation sites is 1. The predicted octanol–water partition coefficient (Wildman–Crippen LogP) is 4.32. The van der Waals surface area contributed by atoms with Gasteiger partial charge in [0.2, 0.25) is 0 Å². The van der Waals surface area contributed by atoms with Crippen molar-refractivity contribution in [3.05, 3.63) is 33.9 Å². The largest absolute Gasteiger partial charge is 0.379 e. The van der Waals surface area contributed by atoms with Gasteiger partial charge in [-0.15, -0.1) is 0 Å². The summed E-state index contributed by atoms with van der Waals surface area (Å²) in [5, 5.41) is 14.4. The first kappa shape index (κ1) is 13.4. The average molecular weight is 274 g/mol. The van der Waals surface area contributed by atoms with Gasteiger partial charge >= 0.3 is 0 Å². The quantitative estimate of drug-likeness (QED) is 0.645. The number of nitro groups is 1. The zero-order chi connectivity index (χ0) is 14.3. The van der Waals surface area contributed by atoms with E-state index >= 15 is 0 Å². The maximum Gasteiger partial charge on any atom is 0.292 e. The number of hydrogen-bond donors (Lipinski definition) is 1. The molecule has 1 unspecified atom stereocenters. The third-order valence-electron chi connectivity index (χ3n) is 5.12. The monoisotopic (exact) mass is 274 g/mol. The summed E-state index contributed by atoms with van der Waals surface area (Å²) >= 11 is 0. The van der Waals surface area contributed by atoms with E-state index in [0.717, 1.165) is 17.8 Å². The zero-order valence-corrected chi connectivity index (χ0v) is 12.2. The van der Waals surface area contributed by atoms with Crippen molar-refractivity contribution in [2.24, 2.45) is 11.3 Å². The molecule has 1 heterocycles. The highest BCUT2D eigenvalue weighted by molar-refractivity contribution is 5.70. The summed E-state index contributed by atoms with van der Waals surface area (Å²) in [6.45, 7) is 5.54. The topological polar surface area (TPSA) is 55.2 Å². The number of fused-ring (bicyclic) bond motifs is 1. The second-order valence-electron chi connectivity index (χ2n) is 6.99. The van der Waals surface area contributed by atoms with Crippen molar-refractivity contribution in [3.63, 3.8) is 0 Å². The lowest BCUT2D eigenvalue weighted by molar-refractivity contribution is -0.383. The molecule has 1 aromatic carbocycles.